The van der Waals surface area contributed by atoms with Crippen molar-refractivity contribution < 1.29 is 12.6 Å². The molecule has 0 aliphatic rings. The van der Waals surface area contributed by atoms with Gasteiger partial charge in [0.05, 0.1) is 15.7 Å². The smallest absolute Gasteiger partial charge is 0.242 e. The average Bonchev–Trinajstić information content (AvgIpc) is 2.32. The van der Waals surface area contributed by atoms with Gasteiger partial charge in [-0.05, 0) is 19.1 Å². The van der Waals surface area contributed by atoms with Crippen LogP contribution in [0.25, 0.3) is 0 Å². The fraction of sp³-hybridized carbons (Fsp3) is 0.400. The largest absolute Gasteiger partial charge is 0.396 e. The fourth-order valence-corrected chi connectivity index (χ4v) is 3.50. The van der Waals surface area contributed by atoms with Crippen LogP contribution in [0.3, 0.4) is 0 Å². The van der Waals surface area contributed by atoms with E-state index in [1.807, 2.05) is 0 Å². The Labute approximate surface area is 125 Å². The van der Waals surface area contributed by atoms with Crippen LogP contribution in [0.5, 0.6) is 0 Å². The molecule has 0 amide bonds. The van der Waals surface area contributed by atoms with Crippen LogP contribution >= 0.6 is 23.2 Å². The van der Waals surface area contributed by atoms with Crippen molar-refractivity contribution in [1.29, 1.82) is 0 Å². The number of sulfonamides is 1. The summed E-state index contributed by atoms with van der Waals surface area (Å²) in [6, 6.07) is 2.63. The topological polar surface area (TPSA) is 89.3 Å². The van der Waals surface area contributed by atoms with Crippen molar-refractivity contribution in [3.05, 3.63) is 22.2 Å². The minimum atomic E-state index is -3.81. The number of rotatable bonds is 5. The van der Waals surface area contributed by atoms with E-state index in [9.17, 15) is 12.6 Å². The molecule has 2 atom stereocenters. The van der Waals surface area contributed by atoms with E-state index in [2.05, 4.69) is 4.72 Å². The quantitative estimate of drug-likeness (QED) is 0.794. The van der Waals surface area contributed by atoms with Crippen LogP contribution in [0.15, 0.2) is 17.0 Å². The number of halogens is 2. The molecule has 5 nitrogen and oxygen atoms in total. The van der Waals surface area contributed by atoms with Gasteiger partial charge in [-0.3, -0.25) is 4.21 Å². The van der Waals surface area contributed by atoms with Crippen molar-refractivity contribution in [1.82, 2.24) is 4.72 Å². The third-order valence-electron chi connectivity index (χ3n) is 2.51. The molecular weight excluding hydrogens is 331 g/mol. The maximum atomic E-state index is 12.1. The summed E-state index contributed by atoms with van der Waals surface area (Å²) in [7, 11) is -4.93. The lowest BCUT2D eigenvalue weighted by Crippen LogP contribution is -2.32. The predicted octanol–water partition coefficient (Wildman–Crippen LogP) is 1.62. The molecule has 0 fully saturated rings. The predicted molar refractivity (Wildman–Crippen MR) is 79.6 cm³/mol. The number of hydrogen-bond donors (Lipinski definition) is 2. The Kier molecular flexibility index (Phi) is 5.64. The Balaban J connectivity index is 3.02. The van der Waals surface area contributed by atoms with Gasteiger partial charge in [0.1, 0.15) is 4.90 Å². The highest BCUT2D eigenvalue weighted by molar-refractivity contribution is 7.89. The summed E-state index contributed by atoms with van der Waals surface area (Å²) in [6.45, 7) is 1.72. The van der Waals surface area contributed by atoms with Crippen molar-refractivity contribution in [2.75, 3.05) is 18.5 Å². The summed E-state index contributed by atoms with van der Waals surface area (Å²) >= 11 is 11.6. The number of hydrogen-bond acceptors (Lipinski definition) is 4. The highest BCUT2D eigenvalue weighted by atomic mass is 35.5. The Morgan fingerprint density at radius 2 is 2.00 bits per heavy atom. The van der Waals surface area contributed by atoms with Gasteiger partial charge < -0.3 is 5.73 Å². The molecule has 0 bridgehead atoms. The maximum Gasteiger partial charge on any atom is 0.242 e. The summed E-state index contributed by atoms with van der Waals surface area (Å²) < 4.78 is 37.6. The van der Waals surface area contributed by atoms with E-state index in [4.69, 9.17) is 28.9 Å². The highest BCUT2D eigenvalue weighted by Crippen LogP contribution is 2.32. The van der Waals surface area contributed by atoms with E-state index < -0.39 is 20.8 Å². The fourth-order valence-electron chi connectivity index (χ4n) is 1.18. The number of nitrogens with one attached hydrogen (secondary N) is 1. The molecule has 0 saturated heterocycles. The first-order chi connectivity index (χ1) is 8.66. The maximum absolute atomic E-state index is 12.1. The van der Waals surface area contributed by atoms with Crippen LogP contribution in [0, 0.1) is 0 Å². The second-order valence-corrected chi connectivity index (χ2v) is 8.26. The number of nitrogens with two attached hydrogens (primary N) is 1. The molecule has 0 spiro atoms. The average molecular weight is 345 g/mol. The minimum Gasteiger partial charge on any atom is -0.396 e. The number of anilines is 1. The Hall–Kier alpha value is -0.340. The third kappa shape index (κ3) is 4.06. The summed E-state index contributed by atoms with van der Waals surface area (Å²) in [4.78, 5) is -0.148. The Bertz CT molecular complexity index is 605. The van der Waals surface area contributed by atoms with Crippen LogP contribution in [0.1, 0.15) is 6.92 Å². The summed E-state index contributed by atoms with van der Waals surface area (Å²) in [5.41, 5.74) is 5.59. The second kappa shape index (κ2) is 6.41. The SMILES string of the molecule is CC(CNS(=O)(=O)c1ccc(Cl)c(N)c1Cl)S(C)=O. The molecule has 3 N–H and O–H groups in total. The number of benzene rings is 1. The molecule has 2 unspecified atom stereocenters. The minimum absolute atomic E-state index is 0.0123. The summed E-state index contributed by atoms with van der Waals surface area (Å²) in [6.07, 6.45) is 1.51. The first-order valence-corrected chi connectivity index (χ1v) is 9.08. The first-order valence-electron chi connectivity index (χ1n) is 5.22. The number of nitrogen functional groups attached to an aromatic ring is 1. The molecule has 0 radical (unpaired) electrons. The van der Waals surface area contributed by atoms with Gasteiger partial charge in [0, 0.05) is 28.9 Å². The van der Waals surface area contributed by atoms with Gasteiger partial charge >= 0.3 is 0 Å². The van der Waals surface area contributed by atoms with E-state index in [0.29, 0.717) is 0 Å². The van der Waals surface area contributed by atoms with Crippen LogP contribution in [-0.2, 0) is 20.8 Å². The van der Waals surface area contributed by atoms with E-state index in [1.54, 1.807) is 6.92 Å². The molecule has 0 aromatic heterocycles. The van der Waals surface area contributed by atoms with Gasteiger partial charge in [0.2, 0.25) is 10.0 Å². The zero-order chi connectivity index (χ0) is 14.8. The van der Waals surface area contributed by atoms with Crippen LogP contribution < -0.4 is 10.5 Å². The third-order valence-corrected chi connectivity index (χ3v) is 6.12. The van der Waals surface area contributed by atoms with Crippen LogP contribution in [-0.4, -0.2) is 30.7 Å². The zero-order valence-corrected chi connectivity index (χ0v) is 13.5. The Morgan fingerprint density at radius 3 is 2.53 bits per heavy atom. The van der Waals surface area contributed by atoms with Gasteiger partial charge in [-0.25, -0.2) is 13.1 Å². The lowest BCUT2D eigenvalue weighted by atomic mass is 10.3. The molecule has 19 heavy (non-hydrogen) atoms. The standard InChI is InChI=1S/C10H14Cl2N2O3S2/c1-6(18(2)15)5-14-19(16,17)8-4-3-7(11)10(13)9(8)12/h3-4,6,14H,5,13H2,1-2H3. The zero-order valence-electron chi connectivity index (χ0n) is 10.3. The van der Waals surface area contributed by atoms with Crippen molar-refractivity contribution in [3.8, 4) is 0 Å². The molecule has 0 heterocycles. The lowest BCUT2D eigenvalue weighted by Gasteiger charge is -2.13. The molecule has 1 aromatic rings. The Morgan fingerprint density at radius 1 is 1.42 bits per heavy atom. The van der Waals surface area contributed by atoms with Crippen LogP contribution in [0.2, 0.25) is 10.0 Å². The highest BCUT2D eigenvalue weighted by Gasteiger charge is 2.21. The second-order valence-electron chi connectivity index (χ2n) is 3.93. The van der Waals surface area contributed by atoms with E-state index >= 15 is 0 Å². The monoisotopic (exact) mass is 344 g/mol. The summed E-state index contributed by atoms with van der Waals surface area (Å²) in [5.74, 6) is 0. The van der Waals surface area contributed by atoms with E-state index in [0.717, 1.165) is 0 Å². The van der Waals surface area contributed by atoms with Crippen LogP contribution in [0.4, 0.5) is 5.69 Å². The molecule has 0 aliphatic carbocycles. The molecule has 1 rings (SSSR count). The van der Waals surface area contributed by atoms with Crippen molar-refractivity contribution in [3.63, 3.8) is 0 Å². The van der Waals surface area contributed by atoms with Gasteiger partial charge in [-0.2, -0.15) is 0 Å². The van der Waals surface area contributed by atoms with E-state index in [1.165, 1.54) is 18.4 Å². The molecule has 108 valence electrons. The summed E-state index contributed by atoms with van der Waals surface area (Å²) in [5, 5.41) is -0.240. The van der Waals surface area contributed by atoms with Crippen molar-refractivity contribution in [2.24, 2.45) is 0 Å². The molecule has 0 aliphatic heterocycles. The van der Waals surface area contributed by atoms with E-state index in [-0.39, 0.29) is 32.4 Å². The van der Waals surface area contributed by atoms with Crippen molar-refractivity contribution >= 4 is 49.7 Å². The van der Waals surface area contributed by atoms with Gasteiger partial charge in [-0.1, -0.05) is 23.2 Å². The molecule has 0 saturated carbocycles. The first kappa shape index (κ1) is 16.7. The van der Waals surface area contributed by atoms with Gasteiger partial charge in [0.15, 0.2) is 0 Å². The molecule has 9 heteroatoms. The van der Waals surface area contributed by atoms with Gasteiger partial charge in [0.25, 0.3) is 0 Å². The van der Waals surface area contributed by atoms with Gasteiger partial charge in [-0.15, -0.1) is 0 Å². The normalized spacial score (nSPS) is 15.2. The lowest BCUT2D eigenvalue weighted by molar-refractivity contribution is 0.581. The van der Waals surface area contributed by atoms with Crippen molar-refractivity contribution in [2.45, 2.75) is 17.1 Å². The molecule has 1 aromatic carbocycles. The molecular formula is C10H14Cl2N2O3S2.